The average molecular weight is 563 g/mol. The predicted molar refractivity (Wildman–Crippen MR) is 129 cm³/mol. The molecule has 1 saturated carbocycles. The highest BCUT2D eigenvalue weighted by Crippen LogP contribution is 2.62. The summed E-state index contributed by atoms with van der Waals surface area (Å²) in [4.78, 5) is 11.6. The number of aliphatic hydroxyl groups excluding tert-OH is 1. The van der Waals surface area contributed by atoms with Crippen LogP contribution in [0.3, 0.4) is 0 Å². The van der Waals surface area contributed by atoms with Gasteiger partial charge in [0.05, 0.1) is 12.0 Å². The molecule has 4 atom stereocenters. The van der Waals surface area contributed by atoms with E-state index in [1.807, 2.05) is 36.4 Å². The number of benzene rings is 3. The zero-order valence-electron chi connectivity index (χ0n) is 20.2. The Balaban J connectivity index is 1.51. The number of esters is 1. The van der Waals surface area contributed by atoms with Gasteiger partial charge in [0, 0.05) is 11.8 Å². The Morgan fingerprint density at radius 1 is 0.795 bits per heavy atom. The maximum Gasteiger partial charge on any atom is 0.315 e. The van der Waals surface area contributed by atoms with Crippen molar-refractivity contribution in [2.75, 3.05) is 0 Å². The van der Waals surface area contributed by atoms with E-state index >= 15 is 0 Å². The lowest BCUT2D eigenvalue weighted by molar-refractivity contribution is -0.144. The van der Waals surface area contributed by atoms with Gasteiger partial charge in [0.2, 0.25) is 17.4 Å². The van der Waals surface area contributed by atoms with Gasteiger partial charge in [-0.2, -0.15) is 17.2 Å². The number of ether oxygens (including phenoxy) is 1. The second-order valence-corrected chi connectivity index (χ2v) is 11.6. The molecule has 0 amide bonds. The fraction of sp³-hybridized carbons (Fsp3) is 0.321. The van der Waals surface area contributed by atoms with Gasteiger partial charge in [0.15, 0.2) is 16.5 Å². The smallest absolute Gasteiger partial charge is 0.315 e. The van der Waals surface area contributed by atoms with Crippen LogP contribution in [-0.4, -0.2) is 30.2 Å². The number of halogens is 4. The molecule has 11 heteroatoms. The van der Waals surface area contributed by atoms with Crippen LogP contribution < -0.4 is 4.74 Å². The van der Waals surface area contributed by atoms with Crippen LogP contribution in [0.2, 0.25) is 0 Å². The van der Waals surface area contributed by atoms with E-state index in [1.54, 1.807) is 12.1 Å². The van der Waals surface area contributed by atoms with Gasteiger partial charge < -0.3 is 9.84 Å². The molecule has 7 rings (SSSR count). The molecule has 0 heterocycles. The normalized spacial score (nSPS) is 27.2. The van der Waals surface area contributed by atoms with Crippen molar-refractivity contribution in [2.45, 2.75) is 42.1 Å². The molecule has 1 fully saturated rings. The highest BCUT2D eigenvalue weighted by atomic mass is 32.2. The fourth-order valence-electron chi connectivity index (χ4n) is 7.02. The molecule has 6 nitrogen and oxygen atoms in total. The first-order chi connectivity index (χ1) is 18.5. The molecular formula is C28H22F4O6S. The maximum absolute atomic E-state index is 14.8. The number of rotatable bonds is 4. The molecule has 0 aromatic heterocycles. The van der Waals surface area contributed by atoms with E-state index < -0.39 is 73.9 Å². The van der Waals surface area contributed by atoms with Crippen LogP contribution in [0.25, 0.3) is 0 Å². The molecule has 4 aliphatic carbocycles. The molecule has 4 aliphatic rings. The van der Waals surface area contributed by atoms with E-state index in [2.05, 4.69) is 0 Å². The summed E-state index contributed by atoms with van der Waals surface area (Å²) in [5, 5.41) is 10.9. The minimum absolute atomic E-state index is 0.359. The molecule has 3 aromatic carbocycles. The number of hydrogen-bond acceptors (Lipinski definition) is 5. The molecule has 0 saturated heterocycles. The van der Waals surface area contributed by atoms with Gasteiger partial charge in [0.1, 0.15) is 0 Å². The summed E-state index contributed by atoms with van der Waals surface area (Å²) >= 11 is 0. The van der Waals surface area contributed by atoms with Crippen LogP contribution in [0.1, 0.15) is 53.4 Å². The Morgan fingerprint density at radius 2 is 1.28 bits per heavy atom. The lowest BCUT2D eigenvalue weighted by Gasteiger charge is -2.52. The van der Waals surface area contributed by atoms with Crippen molar-refractivity contribution in [2.24, 2.45) is 17.8 Å². The van der Waals surface area contributed by atoms with Gasteiger partial charge in [-0.05, 0) is 46.9 Å². The summed E-state index contributed by atoms with van der Waals surface area (Å²) in [7, 11) is -5.67. The number of carbonyl (C=O) groups is 1. The monoisotopic (exact) mass is 562 g/mol. The molecule has 0 spiro atoms. The first kappa shape index (κ1) is 26.0. The summed E-state index contributed by atoms with van der Waals surface area (Å²) in [5.41, 5.74) is 3.52. The second-order valence-electron chi connectivity index (χ2n) is 10.3. The van der Waals surface area contributed by atoms with Gasteiger partial charge >= 0.3 is 16.1 Å². The number of hydrogen-bond donors (Lipinski definition) is 2. The Labute approximate surface area is 221 Å². The molecule has 0 aliphatic heterocycles. The van der Waals surface area contributed by atoms with Crippen molar-refractivity contribution in [1.82, 2.24) is 0 Å². The van der Waals surface area contributed by atoms with Crippen LogP contribution in [0, 0.1) is 41.0 Å². The summed E-state index contributed by atoms with van der Waals surface area (Å²) in [6, 6.07) is 14.9. The van der Waals surface area contributed by atoms with Gasteiger partial charge in [-0.25, -0.2) is 8.78 Å². The molecule has 3 aromatic rings. The second kappa shape index (κ2) is 9.14. The summed E-state index contributed by atoms with van der Waals surface area (Å²) < 4.78 is 95.2. The lowest BCUT2D eigenvalue weighted by Crippen LogP contribution is -2.49. The lowest BCUT2D eigenvalue weighted by atomic mass is 9.51. The minimum Gasteiger partial charge on any atom is -0.420 e. The van der Waals surface area contributed by atoms with E-state index in [9.17, 15) is 35.9 Å². The average Bonchev–Trinajstić information content (AvgIpc) is 3.34. The Bertz CT molecular complexity index is 1550. The fourth-order valence-corrected chi connectivity index (χ4v) is 7.65. The first-order valence-electron chi connectivity index (χ1n) is 12.4. The third-order valence-corrected chi connectivity index (χ3v) is 9.31. The standard InChI is InChI=1S/C28H22F4O6S/c29-22-24(31)27(39(35,36)37)25(32)23(30)26(22)38-28(34)21-19-14-8-3-1-6-12(14)18(13-7-2-4-9-15(13)19)20(21)16-10-5-11-17(16)33/h1-4,6-9,16-21,33H,5,10-11H2,(H,35,36,37). The Morgan fingerprint density at radius 3 is 1.72 bits per heavy atom. The van der Waals surface area contributed by atoms with Crippen molar-refractivity contribution in [3.05, 3.63) is 94.1 Å². The molecule has 4 unspecified atom stereocenters. The molecule has 39 heavy (non-hydrogen) atoms. The third kappa shape index (κ3) is 3.81. The van der Waals surface area contributed by atoms with Gasteiger partial charge in [-0.15, -0.1) is 0 Å². The van der Waals surface area contributed by atoms with Crippen LogP contribution in [0.5, 0.6) is 5.75 Å². The van der Waals surface area contributed by atoms with E-state index in [0.29, 0.717) is 19.3 Å². The number of aliphatic hydroxyl groups is 1. The van der Waals surface area contributed by atoms with Gasteiger partial charge in [0.25, 0.3) is 0 Å². The summed E-state index contributed by atoms with van der Waals surface area (Å²) in [6.45, 7) is 0. The van der Waals surface area contributed by atoms with E-state index in [0.717, 1.165) is 22.3 Å². The van der Waals surface area contributed by atoms with E-state index in [-0.39, 0.29) is 11.8 Å². The van der Waals surface area contributed by atoms with Gasteiger partial charge in [-0.1, -0.05) is 55.0 Å². The summed E-state index contributed by atoms with van der Waals surface area (Å²) in [5.74, 6) is -15.3. The molecule has 2 bridgehead atoms. The molecule has 204 valence electrons. The first-order valence-corrected chi connectivity index (χ1v) is 13.9. The quantitative estimate of drug-likeness (QED) is 0.151. The van der Waals surface area contributed by atoms with E-state index in [1.165, 1.54) is 0 Å². The molecule has 0 radical (unpaired) electrons. The third-order valence-electron chi connectivity index (χ3n) is 8.43. The molecule has 2 N–H and O–H groups in total. The van der Waals surface area contributed by atoms with Crippen molar-refractivity contribution >= 4 is 16.1 Å². The van der Waals surface area contributed by atoms with E-state index in [4.69, 9.17) is 9.29 Å². The maximum atomic E-state index is 14.8. The number of carbonyl (C=O) groups excluding carboxylic acids is 1. The predicted octanol–water partition coefficient (Wildman–Crippen LogP) is 5.08. The van der Waals surface area contributed by atoms with Crippen LogP contribution in [-0.2, 0) is 14.9 Å². The topological polar surface area (TPSA) is 101 Å². The van der Waals surface area contributed by atoms with Crippen molar-refractivity contribution in [3.63, 3.8) is 0 Å². The molecular weight excluding hydrogens is 540 g/mol. The summed E-state index contributed by atoms with van der Waals surface area (Å²) in [6.07, 6.45) is 1.08. The zero-order valence-corrected chi connectivity index (χ0v) is 21.0. The van der Waals surface area contributed by atoms with Crippen LogP contribution in [0.15, 0.2) is 53.4 Å². The largest absolute Gasteiger partial charge is 0.420 e. The van der Waals surface area contributed by atoms with Crippen LogP contribution in [0.4, 0.5) is 17.6 Å². The highest BCUT2D eigenvalue weighted by molar-refractivity contribution is 7.85. The Kier molecular flexibility index (Phi) is 6.09. The van der Waals surface area contributed by atoms with Crippen molar-refractivity contribution in [1.29, 1.82) is 0 Å². The number of fused-ring (bicyclic) bond motifs is 1. The minimum atomic E-state index is -5.67. The Hall–Kier alpha value is -3.28. The SMILES string of the molecule is O=C(Oc1c(F)c(F)c(S(=O)(=O)O)c(F)c1F)C1C2c3ccccc3C(c3ccccc32)C1C1CCCC1O. The van der Waals surface area contributed by atoms with Crippen LogP contribution >= 0.6 is 0 Å². The zero-order chi connectivity index (χ0) is 27.8. The van der Waals surface area contributed by atoms with Crippen molar-refractivity contribution < 1.29 is 45.2 Å². The highest BCUT2D eigenvalue weighted by Gasteiger charge is 2.57. The van der Waals surface area contributed by atoms with Gasteiger partial charge in [-0.3, -0.25) is 9.35 Å². The van der Waals surface area contributed by atoms with Crippen molar-refractivity contribution in [3.8, 4) is 5.75 Å².